The number of carboxylic acid groups (broad SMARTS) is 1. The van der Waals surface area contributed by atoms with Crippen molar-refractivity contribution in [2.24, 2.45) is 17.8 Å². The van der Waals surface area contributed by atoms with E-state index in [2.05, 4.69) is 20.8 Å². The van der Waals surface area contributed by atoms with E-state index < -0.39 is 11.6 Å². The third kappa shape index (κ3) is 2.54. The summed E-state index contributed by atoms with van der Waals surface area (Å²) in [4.78, 5) is 10.9. The van der Waals surface area contributed by atoms with Crippen LogP contribution in [0.1, 0.15) is 56.3 Å². The second kappa shape index (κ2) is 5.00. The van der Waals surface area contributed by atoms with Crippen LogP contribution < -0.4 is 0 Å². The molecular formula is C15H22O4. The van der Waals surface area contributed by atoms with E-state index in [0.29, 0.717) is 24.0 Å². The second-order valence-corrected chi connectivity index (χ2v) is 6.13. The standard InChI is InChI=1S/C15H22O4/c1-9(2)11-5-4-10(3)8-15(11,18)13-7-6-12(19-13)14(16)17/h6-7,9-11,18H,4-5,8H2,1-3H3,(H,16,17). The highest BCUT2D eigenvalue weighted by Crippen LogP contribution is 2.47. The molecule has 19 heavy (non-hydrogen) atoms. The fourth-order valence-electron chi connectivity index (χ4n) is 3.34. The summed E-state index contributed by atoms with van der Waals surface area (Å²) in [6, 6.07) is 3.03. The number of aliphatic hydroxyl groups is 1. The summed E-state index contributed by atoms with van der Waals surface area (Å²) in [6.07, 6.45) is 2.67. The number of rotatable bonds is 3. The topological polar surface area (TPSA) is 70.7 Å². The number of aromatic carboxylic acids is 1. The van der Waals surface area contributed by atoms with Crippen LogP contribution in [0.2, 0.25) is 0 Å². The van der Waals surface area contributed by atoms with Crippen LogP contribution in [-0.4, -0.2) is 16.2 Å². The van der Waals surface area contributed by atoms with Gasteiger partial charge in [0.05, 0.1) is 0 Å². The normalized spacial score (nSPS) is 31.6. The van der Waals surface area contributed by atoms with Crippen molar-refractivity contribution in [1.82, 2.24) is 0 Å². The predicted molar refractivity (Wildman–Crippen MR) is 70.9 cm³/mol. The molecule has 4 nitrogen and oxygen atoms in total. The Balaban J connectivity index is 2.37. The van der Waals surface area contributed by atoms with Crippen LogP contribution in [0, 0.1) is 17.8 Å². The molecule has 0 saturated heterocycles. The molecule has 2 N–H and O–H groups in total. The summed E-state index contributed by atoms with van der Waals surface area (Å²) in [5.74, 6) is 0.0462. The monoisotopic (exact) mass is 266 g/mol. The second-order valence-electron chi connectivity index (χ2n) is 6.13. The lowest BCUT2D eigenvalue weighted by molar-refractivity contribution is -0.101. The van der Waals surface area contributed by atoms with Gasteiger partial charge in [-0.25, -0.2) is 4.79 Å². The lowest BCUT2D eigenvalue weighted by Gasteiger charge is -2.43. The van der Waals surface area contributed by atoms with E-state index in [-0.39, 0.29) is 11.7 Å². The van der Waals surface area contributed by atoms with Crippen LogP contribution in [0.15, 0.2) is 16.5 Å². The molecule has 0 amide bonds. The lowest BCUT2D eigenvalue weighted by Crippen LogP contribution is -2.42. The summed E-state index contributed by atoms with van der Waals surface area (Å²) >= 11 is 0. The fraction of sp³-hybridized carbons (Fsp3) is 0.667. The van der Waals surface area contributed by atoms with Crippen LogP contribution in [0.25, 0.3) is 0 Å². The molecule has 3 unspecified atom stereocenters. The maximum absolute atomic E-state index is 11.1. The molecule has 1 aromatic heterocycles. The maximum atomic E-state index is 11.1. The first-order valence-corrected chi connectivity index (χ1v) is 6.90. The molecule has 1 aliphatic rings. The molecule has 1 aromatic rings. The minimum Gasteiger partial charge on any atom is -0.475 e. The van der Waals surface area contributed by atoms with Gasteiger partial charge < -0.3 is 14.6 Å². The Bertz CT molecular complexity index is 462. The van der Waals surface area contributed by atoms with Gasteiger partial charge in [0.2, 0.25) is 5.76 Å². The first-order chi connectivity index (χ1) is 8.84. The molecule has 1 heterocycles. The zero-order chi connectivity index (χ0) is 14.2. The molecule has 4 heteroatoms. The Labute approximate surface area is 113 Å². The van der Waals surface area contributed by atoms with E-state index in [1.165, 1.54) is 6.07 Å². The van der Waals surface area contributed by atoms with Gasteiger partial charge in [0.1, 0.15) is 11.4 Å². The lowest BCUT2D eigenvalue weighted by atomic mass is 9.66. The molecule has 0 spiro atoms. The van der Waals surface area contributed by atoms with Crippen LogP contribution in [0.4, 0.5) is 0 Å². The molecule has 0 bridgehead atoms. The molecule has 0 radical (unpaired) electrons. The molecule has 2 rings (SSSR count). The molecule has 3 atom stereocenters. The summed E-state index contributed by atoms with van der Waals surface area (Å²) < 4.78 is 5.37. The van der Waals surface area contributed by atoms with Gasteiger partial charge >= 0.3 is 5.97 Å². The van der Waals surface area contributed by atoms with Gasteiger partial charge in [-0.1, -0.05) is 27.2 Å². The number of hydrogen-bond acceptors (Lipinski definition) is 3. The van der Waals surface area contributed by atoms with E-state index >= 15 is 0 Å². The Morgan fingerprint density at radius 3 is 2.63 bits per heavy atom. The summed E-state index contributed by atoms with van der Waals surface area (Å²) in [6.45, 7) is 6.29. The van der Waals surface area contributed by atoms with Crippen LogP contribution in [0.5, 0.6) is 0 Å². The van der Waals surface area contributed by atoms with E-state index in [1.807, 2.05) is 0 Å². The van der Waals surface area contributed by atoms with Crippen molar-refractivity contribution < 1.29 is 19.4 Å². The Hall–Kier alpha value is -1.29. The van der Waals surface area contributed by atoms with Crippen molar-refractivity contribution in [2.75, 3.05) is 0 Å². The van der Waals surface area contributed by atoms with Crippen LogP contribution >= 0.6 is 0 Å². The number of carboxylic acids is 1. The van der Waals surface area contributed by atoms with Crippen molar-refractivity contribution in [3.63, 3.8) is 0 Å². The highest BCUT2D eigenvalue weighted by Gasteiger charge is 2.46. The Morgan fingerprint density at radius 2 is 2.11 bits per heavy atom. The van der Waals surface area contributed by atoms with Crippen LogP contribution in [0.3, 0.4) is 0 Å². The van der Waals surface area contributed by atoms with Crippen molar-refractivity contribution in [1.29, 1.82) is 0 Å². The SMILES string of the molecule is CC1CCC(C(C)C)C(O)(c2ccc(C(=O)O)o2)C1. The molecular weight excluding hydrogens is 244 g/mol. The molecule has 106 valence electrons. The summed E-state index contributed by atoms with van der Waals surface area (Å²) in [7, 11) is 0. The molecule has 0 aromatic carbocycles. The highest BCUT2D eigenvalue weighted by atomic mass is 16.4. The average Bonchev–Trinajstić information content (AvgIpc) is 2.77. The molecule has 1 fully saturated rings. The van der Waals surface area contributed by atoms with E-state index in [0.717, 1.165) is 12.8 Å². The fourth-order valence-corrected chi connectivity index (χ4v) is 3.34. The Kier molecular flexibility index (Phi) is 3.72. The van der Waals surface area contributed by atoms with Gasteiger partial charge in [-0.05, 0) is 42.7 Å². The number of hydrogen-bond donors (Lipinski definition) is 2. The third-order valence-corrected chi connectivity index (χ3v) is 4.29. The third-order valence-electron chi connectivity index (χ3n) is 4.29. The molecule has 1 aliphatic carbocycles. The average molecular weight is 266 g/mol. The maximum Gasteiger partial charge on any atom is 0.371 e. The first kappa shape index (κ1) is 14.1. The van der Waals surface area contributed by atoms with Gasteiger partial charge in [-0.2, -0.15) is 0 Å². The highest BCUT2D eigenvalue weighted by molar-refractivity contribution is 5.84. The van der Waals surface area contributed by atoms with E-state index in [1.54, 1.807) is 6.07 Å². The largest absolute Gasteiger partial charge is 0.475 e. The van der Waals surface area contributed by atoms with Crippen molar-refractivity contribution in [3.05, 3.63) is 23.7 Å². The predicted octanol–water partition coefficient (Wildman–Crippen LogP) is 3.26. The van der Waals surface area contributed by atoms with E-state index in [4.69, 9.17) is 9.52 Å². The van der Waals surface area contributed by atoms with Gasteiger partial charge in [0.25, 0.3) is 0 Å². The smallest absolute Gasteiger partial charge is 0.371 e. The Morgan fingerprint density at radius 1 is 1.42 bits per heavy atom. The van der Waals surface area contributed by atoms with E-state index in [9.17, 15) is 9.90 Å². The molecule has 0 aliphatic heterocycles. The zero-order valence-corrected chi connectivity index (χ0v) is 11.7. The van der Waals surface area contributed by atoms with Gasteiger partial charge in [0.15, 0.2) is 0 Å². The number of furan rings is 1. The number of carbonyl (C=O) groups is 1. The first-order valence-electron chi connectivity index (χ1n) is 6.90. The molecule has 1 saturated carbocycles. The summed E-state index contributed by atoms with van der Waals surface area (Å²) in [5, 5.41) is 20.0. The van der Waals surface area contributed by atoms with Crippen molar-refractivity contribution in [3.8, 4) is 0 Å². The van der Waals surface area contributed by atoms with Gasteiger partial charge in [0, 0.05) is 0 Å². The van der Waals surface area contributed by atoms with Gasteiger partial charge in [-0.15, -0.1) is 0 Å². The summed E-state index contributed by atoms with van der Waals surface area (Å²) in [5.41, 5.74) is -1.04. The van der Waals surface area contributed by atoms with Crippen molar-refractivity contribution >= 4 is 5.97 Å². The van der Waals surface area contributed by atoms with Gasteiger partial charge in [-0.3, -0.25) is 0 Å². The minimum atomic E-state index is -1.10. The van der Waals surface area contributed by atoms with Crippen LogP contribution in [-0.2, 0) is 5.60 Å². The van der Waals surface area contributed by atoms with Crippen molar-refractivity contribution in [2.45, 2.75) is 45.6 Å². The quantitative estimate of drug-likeness (QED) is 0.881. The zero-order valence-electron chi connectivity index (χ0n) is 11.7. The minimum absolute atomic E-state index is 0.107.